The average Bonchev–Trinajstić information content (AvgIpc) is 2.93. The SMILES string of the molecule is NC1CCCC1NC(=O)c1cc2sccc2s1. The first-order chi connectivity index (χ1) is 8.24. The van der Waals surface area contributed by atoms with Crippen LogP contribution in [0.15, 0.2) is 17.5 Å². The molecule has 0 saturated heterocycles. The van der Waals surface area contributed by atoms with Crippen LogP contribution in [0.4, 0.5) is 0 Å². The highest BCUT2D eigenvalue weighted by molar-refractivity contribution is 7.27. The summed E-state index contributed by atoms with van der Waals surface area (Å²) in [5.41, 5.74) is 5.95. The molecular weight excluding hydrogens is 252 g/mol. The maximum absolute atomic E-state index is 12.1. The Morgan fingerprint density at radius 2 is 2.29 bits per heavy atom. The molecule has 90 valence electrons. The van der Waals surface area contributed by atoms with Gasteiger partial charge in [-0.3, -0.25) is 4.79 Å². The summed E-state index contributed by atoms with van der Waals surface area (Å²) in [5.74, 6) is 0.0285. The normalized spacial score (nSPS) is 24.3. The Bertz CT molecular complexity index is 517. The van der Waals surface area contributed by atoms with E-state index in [9.17, 15) is 4.79 Å². The first-order valence-electron chi connectivity index (χ1n) is 5.77. The van der Waals surface area contributed by atoms with Crippen LogP contribution in [-0.2, 0) is 0 Å². The number of carbonyl (C=O) groups is 1. The fourth-order valence-electron chi connectivity index (χ4n) is 2.29. The van der Waals surface area contributed by atoms with Crippen molar-refractivity contribution in [1.82, 2.24) is 5.32 Å². The Morgan fingerprint density at radius 1 is 1.41 bits per heavy atom. The molecule has 1 amide bonds. The number of nitrogens with two attached hydrogens (primary N) is 1. The maximum atomic E-state index is 12.1. The highest BCUT2D eigenvalue weighted by atomic mass is 32.1. The Hall–Kier alpha value is -0.910. The van der Waals surface area contributed by atoms with Gasteiger partial charge in [0.15, 0.2) is 0 Å². The lowest BCUT2D eigenvalue weighted by Crippen LogP contribution is -2.43. The van der Waals surface area contributed by atoms with Crippen LogP contribution in [0.3, 0.4) is 0 Å². The van der Waals surface area contributed by atoms with Gasteiger partial charge in [-0.2, -0.15) is 0 Å². The quantitative estimate of drug-likeness (QED) is 0.877. The molecule has 1 saturated carbocycles. The first-order valence-corrected chi connectivity index (χ1v) is 7.47. The van der Waals surface area contributed by atoms with Crippen molar-refractivity contribution in [3.05, 3.63) is 22.4 Å². The highest BCUT2D eigenvalue weighted by Gasteiger charge is 2.26. The summed E-state index contributed by atoms with van der Waals surface area (Å²) < 4.78 is 2.38. The lowest BCUT2D eigenvalue weighted by molar-refractivity contribution is 0.0939. The average molecular weight is 266 g/mol. The second-order valence-corrected chi connectivity index (χ2v) is 6.47. The number of fused-ring (bicyclic) bond motifs is 1. The molecule has 0 spiro atoms. The molecular formula is C12H14N2OS2. The molecule has 3 nitrogen and oxygen atoms in total. The van der Waals surface area contributed by atoms with Crippen molar-refractivity contribution in [3.63, 3.8) is 0 Å². The van der Waals surface area contributed by atoms with Gasteiger partial charge >= 0.3 is 0 Å². The van der Waals surface area contributed by atoms with E-state index in [0.29, 0.717) is 0 Å². The van der Waals surface area contributed by atoms with Crippen molar-refractivity contribution in [3.8, 4) is 0 Å². The van der Waals surface area contributed by atoms with Crippen LogP contribution in [0.5, 0.6) is 0 Å². The van der Waals surface area contributed by atoms with Crippen molar-refractivity contribution in [2.45, 2.75) is 31.3 Å². The van der Waals surface area contributed by atoms with E-state index in [1.54, 1.807) is 22.7 Å². The van der Waals surface area contributed by atoms with Crippen LogP contribution in [0, 0.1) is 0 Å². The molecule has 2 atom stereocenters. The third-order valence-electron chi connectivity index (χ3n) is 3.25. The first kappa shape index (κ1) is 11.2. The van der Waals surface area contributed by atoms with Gasteiger partial charge in [0, 0.05) is 21.5 Å². The number of hydrogen-bond acceptors (Lipinski definition) is 4. The molecule has 2 heterocycles. The topological polar surface area (TPSA) is 55.1 Å². The molecule has 1 fully saturated rings. The summed E-state index contributed by atoms with van der Waals surface area (Å²) in [6.45, 7) is 0. The van der Waals surface area contributed by atoms with E-state index in [1.807, 2.05) is 6.07 Å². The predicted octanol–water partition coefficient (Wildman–Crippen LogP) is 2.57. The Labute approximate surface area is 108 Å². The number of nitrogens with one attached hydrogen (secondary N) is 1. The maximum Gasteiger partial charge on any atom is 0.261 e. The number of carbonyl (C=O) groups excluding carboxylic acids is 1. The van der Waals surface area contributed by atoms with Gasteiger partial charge in [-0.1, -0.05) is 0 Å². The molecule has 0 bridgehead atoms. The molecule has 1 aliphatic rings. The monoisotopic (exact) mass is 266 g/mol. The van der Waals surface area contributed by atoms with E-state index in [2.05, 4.69) is 16.8 Å². The predicted molar refractivity (Wildman–Crippen MR) is 72.8 cm³/mol. The number of hydrogen-bond donors (Lipinski definition) is 2. The van der Waals surface area contributed by atoms with Gasteiger partial charge in [-0.05, 0) is 36.8 Å². The standard InChI is InChI=1S/C12H14N2OS2/c13-7-2-1-3-8(7)14-12(15)11-6-10-9(17-11)4-5-16-10/h4-8H,1-3,13H2,(H,14,15). The number of thiophene rings is 2. The third-order valence-corrected chi connectivity index (χ3v) is 5.34. The summed E-state index contributed by atoms with van der Waals surface area (Å²) in [5, 5.41) is 5.10. The largest absolute Gasteiger partial charge is 0.347 e. The van der Waals surface area contributed by atoms with Crippen molar-refractivity contribution < 1.29 is 4.79 Å². The van der Waals surface area contributed by atoms with Crippen LogP contribution in [-0.4, -0.2) is 18.0 Å². The van der Waals surface area contributed by atoms with Crippen molar-refractivity contribution in [2.24, 2.45) is 5.73 Å². The summed E-state index contributed by atoms with van der Waals surface area (Å²) in [4.78, 5) is 12.9. The second-order valence-electron chi connectivity index (χ2n) is 4.43. The molecule has 0 radical (unpaired) electrons. The molecule has 5 heteroatoms. The molecule has 2 aromatic rings. The van der Waals surface area contributed by atoms with E-state index < -0.39 is 0 Å². The molecule has 3 rings (SSSR count). The second kappa shape index (κ2) is 4.40. The van der Waals surface area contributed by atoms with Crippen molar-refractivity contribution >= 4 is 38.0 Å². The third kappa shape index (κ3) is 2.10. The molecule has 0 aromatic carbocycles. The van der Waals surface area contributed by atoms with E-state index >= 15 is 0 Å². The lowest BCUT2D eigenvalue weighted by Gasteiger charge is -2.16. The van der Waals surface area contributed by atoms with Gasteiger partial charge < -0.3 is 11.1 Å². The van der Waals surface area contributed by atoms with E-state index in [-0.39, 0.29) is 18.0 Å². The smallest absolute Gasteiger partial charge is 0.261 e. The fraction of sp³-hybridized carbons (Fsp3) is 0.417. The zero-order valence-electron chi connectivity index (χ0n) is 9.31. The van der Waals surface area contributed by atoms with Crippen LogP contribution in [0.2, 0.25) is 0 Å². The summed E-state index contributed by atoms with van der Waals surface area (Å²) in [6, 6.07) is 4.31. The molecule has 2 aromatic heterocycles. The summed E-state index contributed by atoms with van der Waals surface area (Å²) in [7, 11) is 0. The fourth-order valence-corrected chi connectivity index (χ4v) is 4.30. The van der Waals surface area contributed by atoms with Crippen molar-refractivity contribution in [2.75, 3.05) is 0 Å². The zero-order chi connectivity index (χ0) is 11.8. The minimum Gasteiger partial charge on any atom is -0.347 e. The van der Waals surface area contributed by atoms with Crippen LogP contribution < -0.4 is 11.1 Å². The van der Waals surface area contributed by atoms with Crippen LogP contribution >= 0.6 is 22.7 Å². The highest BCUT2D eigenvalue weighted by Crippen LogP contribution is 2.30. The minimum atomic E-state index is 0.0285. The van der Waals surface area contributed by atoms with E-state index in [1.165, 1.54) is 9.40 Å². The molecule has 17 heavy (non-hydrogen) atoms. The molecule has 3 N–H and O–H groups in total. The van der Waals surface area contributed by atoms with Gasteiger partial charge in [0.1, 0.15) is 0 Å². The number of rotatable bonds is 2. The minimum absolute atomic E-state index is 0.0285. The Morgan fingerprint density at radius 3 is 3.00 bits per heavy atom. The van der Waals surface area contributed by atoms with Crippen molar-refractivity contribution in [1.29, 1.82) is 0 Å². The zero-order valence-corrected chi connectivity index (χ0v) is 10.9. The van der Waals surface area contributed by atoms with E-state index in [4.69, 9.17) is 5.73 Å². The van der Waals surface area contributed by atoms with Gasteiger partial charge in [0.2, 0.25) is 0 Å². The van der Waals surface area contributed by atoms with Gasteiger partial charge in [0.25, 0.3) is 5.91 Å². The lowest BCUT2D eigenvalue weighted by atomic mass is 10.2. The molecule has 1 aliphatic carbocycles. The Balaban J connectivity index is 1.75. The van der Waals surface area contributed by atoms with Gasteiger partial charge in [-0.15, -0.1) is 22.7 Å². The number of amides is 1. The summed E-state index contributed by atoms with van der Waals surface area (Å²) in [6.07, 6.45) is 3.14. The molecule has 2 unspecified atom stereocenters. The van der Waals surface area contributed by atoms with E-state index in [0.717, 1.165) is 24.1 Å². The Kier molecular flexibility index (Phi) is 2.90. The van der Waals surface area contributed by atoms with Crippen LogP contribution in [0.25, 0.3) is 9.40 Å². The van der Waals surface area contributed by atoms with Crippen LogP contribution in [0.1, 0.15) is 28.9 Å². The molecule has 0 aliphatic heterocycles. The van der Waals surface area contributed by atoms with Gasteiger partial charge in [-0.25, -0.2) is 0 Å². The summed E-state index contributed by atoms with van der Waals surface area (Å²) >= 11 is 3.23. The van der Waals surface area contributed by atoms with Gasteiger partial charge in [0.05, 0.1) is 4.88 Å².